The number of aliphatic imine (C=N–C) groups is 1. The zero-order valence-electron chi connectivity index (χ0n) is 20.3. The Balaban J connectivity index is 1.70. The van der Waals surface area contributed by atoms with Crippen molar-refractivity contribution in [2.24, 2.45) is 10.1 Å². The van der Waals surface area contributed by atoms with Crippen molar-refractivity contribution in [1.82, 2.24) is 9.66 Å². The average Bonchev–Trinajstić information content (AvgIpc) is 3.32. The molecule has 1 heterocycles. The van der Waals surface area contributed by atoms with Crippen LogP contribution in [0.5, 0.6) is 11.5 Å². The first kappa shape index (κ1) is 25.6. The van der Waals surface area contributed by atoms with E-state index >= 15 is 0 Å². The van der Waals surface area contributed by atoms with Crippen LogP contribution in [-0.2, 0) is 0 Å². The summed E-state index contributed by atoms with van der Waals surface area (Å²) in [6.45, 7) is 0. The molecule has 0 saturated carbocycles. The van der Waals surface area contributed by atoms with Crippen LogP contribution in [0.3, 0.4) is 0 Å². The molecule has 5 rings (SSSR count). The third-order valence-corrected chi connectivity index (χ3v) is 6.81. The summed E-state index contributed by atoms with van der Waals surface area (Å²) in [5.41, 5.74) is 4.85. The molecule has 0 aliphatic carbocycles. The minimum absolute atomic E-state index is 0.0864. The number of phenolic OH excluding ortho intramolecular Hbond substituents is 1. The van der Waals surface area contributed by atoms with Crippen LogP contribution in [0.1, 0.15) is 11.1 Å². The minimum Gasteiger partial charge on any atom is -0.506 e. The second-order valence-electron chi connectivity index (χ2n) is 8.25. The molecule has 5 aromatic rings. The highest BCUT2D eigenvalue weighted by Gasteiger charge is 2.20. The number of rotatable bonds is 7. The number of imidazole rings is 1. The normalized spacial score (nSPS) is 11.4. The van der Waals surface area contributed by atoms with Gasteiger partial charge in [0.15, 0.2) is 0 Å². The van der Waals surface area contributed by atoms with E-state index in [1.165, 1.54) is 0 Å². The fourth-order valence-corrected chi connectivity index (χ4v) is 5.13. The maximum absolute atomic E-state index is 10.6. The van der Waals surface area contributed by atoms with E-state index in [0.29, 0.717) is 16.0 Å². The van der Waals surface area contributed by atoms with E-state index in [4.69, 9.17) is 14.8 Å². The summed E-state index contributed by atoms with van der Waals surface area (Å²) in [6.07, 6.45) is 3.34. The topological polar surface area (TPSA) is 72.0 Å². The summed E-state index contributed by atoms with van der Waals surface area (Å²) in [5, 5.41) is 15.4. The van der Waals surface area contributed by atoms with Gasteiger partial charge in [-0.25, -0.2) is 9.98 Å². The lowest BCUT2D eigenvalue weighted by atomic mass is 10.1. The molecule has 0 amide bonds. The Morgan fingerprint density at radius 1 is 0.842 bits per heavy atom. The predicted octanol–water partition coefficient (Wildman–Crippen LogP) is 8.09. The molecule has 4 aromatic carbocycles. The maximum Gasteiger partial charge on any atom is 0.251 e. The largest absolute Gasteiger partial charge is 0.506 e. The lowest BCUT2D eigenvalue weighted by Crippen LogP contribution is -1.96. The molecular weight excluding hydrogens is 608 g/mol. The van der Waals surface area contributed by atoms with Crippen molar-refractivity contribution in [1.29, 1.82) is 0 Å². The van der Waals surface area contributed by atoms with Gasteiger partial charge < -0.3 is 9.84 Å². The average molecular weight is 630 g/mol. The Morgan fingerprint density at radius 2 is 1.50 bits per heavy atom. The van der Waals surface area contributed by atoms with Crippen LogP contribution in [0.2, 0.25) is 0 Å². The lowest BCUT2D eigenvalue weighted by molar-refractivity contribution is 0.415. The molecule has 1 aromatic heterocycles. The van der Waals surface area contributed by atoms with Gasteiger partial charge in [0.05, 0.1) is 17.8 Å². The van der Waals surface area contributed by atoms with Gasteiger partial charge in [-0.15, -0.1) is 0 Å². The molecule has 0 atom stereocenters. The maximum atomic E-state index is 10.6. The van der Waals surface area contributed by atoms with E-state index in [2.05, 4.69) is 36.9 Å². The summed E-state index contributed by atoms with van der Waals surface area (Å²) in [4.78, 5) is 9.60. The molecule has 0 radical (unpaired) electrons. The van der Waals surface area contributed by atoms with Crippen LogP contribution in [0, 0.1) is 0 Å². The van der Waals surface area contributed by atoms with Crippen LogP contribution in [0.25, 0.3) is 22.5 Å². The third-order valence-electron chi connectivity index (χ3n) is 5.75. The quantitative estimate of drug-likeness (QED) is 0.185. The van der Waals surface area contributed by atoms with Crippen LogP contribution in [0.15, 0.2) is 116 Å². The summed E-state index contributed by atoms with van der Waals surface area (Å²) in [7, 11) is 1.64. The fourth-order valence-electron chi connectivity index (χ4n) is 3.87. The number of hydrogen-bond acceptors (Lipinski definition) is 5. The third kappa shape index (κ3) is 5.61. The standard InChI is InChI=1S/C30H22Br2N4O2/c1-38-25-14-12-20(13-15-25)18-34-36-28(22-10-6-3-7-11-22)27(21-8-4-2-5-9-21)35-30(36)33-19-23-16-24(31)17-26(32)29(23)37/h2-19,37H,1H3/b33-19+,34-18+. The predicted molar refractivity (Wildman–Crippen MR) is 160 cm³/mol. The molecule has 8 heteroatoms. The Labute approximate surface area is 237 Å². The van der Waals surface area contributed by atoms with E-state index in [1.807, 2.05) is 84.9 Å². The first-order valence-electron chi connectivity index (χ1n) is 11.7. The summed E-state index contributed by atoms with van der Waals surface area (Å²) >= 11 is 6.85. The van der Waals surface area contributed by atoms with Gasteiger partial charge >= 0.3 is 0 Å². The minimum atomic E-state index is 0.0864. The Hall–Kier alpha value is -4.01. The van der Waals surface area contributed by atoms with Gasteiger partial charge in [-0.2, -0.15) is 9.78 Å². The van der Waals surface area contributed by atoms with Crippen molar-refractivity contribution in [3.63, 3.8) is 0 Å². The lowest BCUT2D eigenvalue weighted by Gasteiger charge is -2.07. The second-order valence-corrected chi connectivity index (χ2v) is 10.0. The van der Waals surface area contributed by atoms with E-state index in [9.17, 15) is 5.11 Å². The van der Waals surface area contributed by atoms with Crippen molar-refractivity contribution in [2.75, 3.05) is 7.11 Å². The highest BCUT2D eigenvalue weighted by atomic mass is 79.9. The number of aromatic hydroxyl groups is 1. The van der Waals surface area contributed by atoms with Gasteiger partial charge in [0, 0.05) is 27.4 Å². The molecule has 0 bridgehead atoms. The number of phenols is 1. The first-order chi connectivity index (χ1) is 18.5. The summed E-state index contributed by atoms with van der Waals surface area (Å²) in [6, 6.07) is 31.1. The molecule has 0 aliphatic heterocycles. The molecule has 0 aliphatic rings. The van der Waals surface area contributed by atoms with E-state index in [-0.39, 0.29) is 5.75 Å². The molecule has 38 heavy (non-hydrogen) atoms. The summed E-state index contributed by atoms with van der Waals surface area (Å²) < 4.78 is 8.36. The highest BCUT2D eigenvalue weighted by molar-refractivity contribution is 9.11. The number of halogens is 2. The molecule has 6 nitrogen and oxygen atoms in total. The van der Waals surface area contributed by atoms with Crippen LogP contribution >= 0.6 is 31.9 Å². The van der Waals surface area contributed by atoms with Gasteiger partial charge in [0.2, 0.25) is 0 Å². The number of benzene rings is 4. The Morgan fingerprint density at radius 3 is 2.16 bits per heavy atom. The number of hydrogen-bond donors (Lipinski definition) is 1. The van der Waals surface area contributed by atoms with Crippen LogP contribution in [0.4, 0.5) is 5.95 Å². The van der Waals surface area contributed by atoms with Crippen LogP contribution in [-0.4, -0.2) is 34.3 Å². The smallest absolute Gasteiger partial charge is 0.251 e. The van der Waals surface area contributed by atoms with Crippen molar-refractivity contribution in [2.45, 2.75) is 0 Å². The molecule has 188 valence electrons. The van der Waals surface area contributed by atoms with Crippen molar-refractivity contribution in [3.05, 3.63) is 117 Å². The van der Waals surface area contributed by atoms with Gasteiger partial charge in [-0.3, -0.25) is 0 Å². The molecule has 0 spiro atoms. The summed E-state index contributed by atoms with van der Waals surface area (Å²) in [5.74, 6) is 1.22. The first-order valence-corrected chi connectivity index (χ1v) is 13.3. The zero-order chi connectivity index (χ0) is 26.5. The van der Waals surface area contributed by atoms with Crippen molar-refractivity contribution in [3.8, 4) is 34.0 Å². The molecule has 0 unspecified atom stereocenters. The molecule has 1 N–H and O–H groups in total. The Kier molecular flexibility index (Phi) is 7.81. The number of methoxy groups -OCH3 is 1. The second kappa shape index (κ2) is 11.6. The van der Waals surface area contributed by atoms with E-state index in [1.54, 1.807) is 36.3 Å². The van der Waals surface area contributed by atoms with Crippen molar-refractivity contribution < 1.29 is 9.84 Å². The molecule has 0 fully saturated rings. The van der Waals surface area contributed by atoms with Gasteiger partial charge in [-0.05, 0) is 57.9 Å². The molecular formula is C30H22Br2N4O2. The van der Waals surface area contributed by atoms with Crippen molar-refractivity contribution >= 4 is 50.2 Å². The zero-order valence-corrected chi connectivity index (χ0v) is 23.5. The number of ether oxygens (including phenoxy) is 1. The highest BCUT2D eigenvalue weighted by Crippen LogP contribution is 2.36. The van der Waals surface area contributed by atoms with E-state index in [0.717, 1.165) is 38.3 Å². The number of aromatic nitrogens is 2. The van der Waals surface area contributed by atoms with Gasteiger partial charge in [0.25, 0.3) is 5.95 Å². The Bertz CT molecular complexity index is 1610. The SMILES string of the molecule is COc1ccc(/C=N/n2c(/N=C/c3cc(Br)cc(Br)c3O)nc(-c3ccccc3)c2-c2ccccc2)cc1. The van der Waals surface area contributed by atoms with Gasteiger partial charge in [-0.1, -0.05) is 76.6 Å². The van der Waals surface area contributed by atoms with Gasteiger partial charge in [0.1, 0.15) is 22.9 Å². The molecule has 0 saturated heterocycles. The van der Waals surface area contributed by atoms with E-state index < -0.39 is 0 Å². The monoisotopic (exact) mass is 628 g/mol. The number of nitrogens with zero attached hydrogens (tertiary/aromatic N) is 4. The fraction of sp³-hybridized carbons (Fsp3) is 0.0333. The van der Waals surface area contributed by atoms with Crippen LogP contribution < -0.4 is 4.74 Å².